The quantitative estimate of drug-likeness (QED) is 0.361. The van der Waals surface area contributed by atoms with Crippen LogP contribution in [0.3, 0.4) is 0 Å². The third-order valence-corrected chi connectivity index (χ3v) is 7.60. The Labute approximate surface area is 218 Å². The van der Waals surface area contributed by atoms with E-state index in [1.807, 2.05) is 13.0 Å². The van der Waals surface area contributed by atoms with E-state index in [2.05, 4.69) is 52.2 Å². The molecule has 0 amide bonds. The van der Waals surface area contributed by atoms with Crippen molar-refractivity contribution in [3.8, 4) is 11.4 Å². The molecule has 8 heteroatoms. The highest BCUT2D eigenvalue weighted by molar-refractivity contribution is 5.81. The molecule has 1 aliphatic carbocycles. The number of H-pyrrole nitrogens is 1. The summed E-state index contributed by atoms with van der Waals surface area (Å²) in [7, 11) is 0. The zero-order valence-electron chi connectivity index (χ0n) is 22.2. The molecule has 198 valence electrons. The van der Waals surface area contributed by atoms with Crippen molar-refractivity contribution in [3.05, 3.63) is 51.9 Å². The van der Waals surface area contributed by atoms with Crippen molar-refractivity contribution in [1.82, 2.24) is 25.2 Å². The lowest BCUT2D eigenvalue weighted by Gasteiger charge is -2.28. The summed E-state index contributed by atoms with van der Waals surface area (Å²) in [5, 5.41) is 6.82. The number of imidazole rings is 1. The van der Waals surface area contributed by atoms with Gasteiger partial charge in [0.25, 0.3) is 5.56 Å². The van der Waals surface area contributed by atoms with Crippen LogP contribution in [0, 0.1) is 18.8 Å². The number of rotatable bonds is 10. The van der Waals surface area contributed by atoms with E-state index in [1.165, 1.54) is 0 Å². The summed E-state index contributed by atoms with van der Waals surface area (Å²) in [6, 6.07) is 7.93. The maximum atomic E-state index is 12.9. The highest BCUT2D eigenvalue weighted by Gasteiger charge is 2.26. The number of pyridine rings is 1. The molecule has 2 aromatic heterocycles. The number of fused-ring (bicyclic) bond motifs is 1. The molecule has 8 nitrogen and oxygen atoms in total. The molecule has 2 fully saturated rings. The SMILES string of the molecule is Cc1cc(-c2nc3cc(CNC(CC(C)C)C(=O)OC4CCCC4)ccc3n2CC2CNC2)c[nH]c1=O. The molecular weight excluding hydrogens is 466 g/mol. The summed E-state index contributed by atoms with van der Waals surface area (Å²) in [6.45, 7) is 9.53. The Morgan fingerprint density at radius 1 is 1.22 bits per heavy atom. The van der Waals surface area contributed by atoms with Gasteiger partial charge in [0.2, 0.25) is 0 Å². The van der Waals surface area contributed by atoms with E-state index in [0.29, 0.717) is 23.9 Å². The maximum Gasteiger partial charge on any atom is 0.323 e. The van der Waals surface area contributed by atoms with Gasteiger partial charge in [0, 0.05) is 49.4 Å². The Hall–Kier alpha value is -2.97. The number of carbonyl (C=O) groups is 1. The molecule has 37 heavy (non-hydrogen) atoms. The van der Waals surface area contributed by atoms with Crippen LogP contribution in [0.25, 0.3) is 22.4 Å². The van der Waals surface area contributed by atoms with E-state index < -0.39 is 0 Å². The zero-order valence-corrected chi connectivity index (χ0v) is 22.2. The topological polar surface area (TPSA) is 101 Å². The second-order valence-corrected chi connectivity index (χ2v) is 11.2. The average molecular weight is 506 g/mol. The van der Waals surface area contributed by atoms with Crippen LogP contribution in [0.2, 0.25) is 0 Å². The van der Waals surface area contributed by atoms with E-state index >= 15 is 0 Å². The second kappa shape index (κ2) is 11.2. The third-order valence-electron chi connectivity index (χ3n) is 7.60. The van der Waals surface area contributed by atoms with Crippen LogP contribution < -0.4 is 16.2 Å². The van der Waals surface area contributed by atoms with Gasteiger partial charge >= 0.3 is 5.97 Å². The highest BCUT2D eigenvalue weighted by Crippen LogP contribution is 2.27. The Balaban J connectivity index is 1.38. The molecule has 2 aliphatic rings. The number of aromatic nitrogens is 3. The van der Waals surface area contributed by atoms with Gasteiger partial charge in [-0.05, 0) is 68.7 Å². The first-order valence-corrected chi connectivity index (χ1v) is 13.7. The first-order chi connectivity index (χ1) is 17.9. The van der Waals surface area contributed by atoms with E-state index in [4.69, 9.17) is 9.72 Å². The van der Waals surface area contributed by atoms with Crippen LogP contribution in [0.5, 0.6) is 0 Å². The van der Waals surface area contributed by atoms with Crippen LogP contribution in [0.1, 0.15) is 57.1 Å². The van der Waals surface area contributed by atoms with Crippen molar-refractivity contribution in [2.75, 3.05) is 13.1 Å². The molecule has 1 saturated carbocycles. The van der Waals surface area contributed by atoms with E-state index in [1.54, 1.807) is 6.20 Å². The van der Waals surface area contributed by atoms with Crippen molar-refractivity contribution < 1.29 is 9.53 Å². The van der Waals surface area contributed by atoms with Crippen molar-refractivity contribution in [3.63, 3.8) is 0 Å². The second-order valence-electron chi connectivity index (χ2n) is 11.2. The minimum Gasteiger partial charge on any atom is -0.461 e. The van der Waals surface area contributed by atoms with Crippen molar-refractivity contribution >= 4 is 17.0 Å². The molecule has 5 rings (SSSR count). The molecule has 3 aromatic rings. The van der Waals surface area contributed by atoms with Crippen molar-refractivity contribution in [2.24, 2.45) is 11.8 Å². The number of aryl methyl sites for hydroxylation is 1. The number of aromatic amines is 1. The van der Waals surface area contributed by atoms with E-state index in [-0.39, 0.29) is 23.7 Å². The number of hydrogen-bond donors (Lipinski definition) is 3. The number of nitrogens with zero attached hydrogens (tertiary/aromatic N) is 2. The molecule has 1 unspecified atom stereocenters. The molecule has 1 atom stereocenters. The van der Waals surface area contributed by atoms with Gasteiger partial charge in [-0.1, -0.05) is 19.9 Å². The van der Waals surface area contributed by atoms with Crippen LogP contribution in [0.15, 0.2) is 35.3 Å². The summed E-state index contributed by atoms with van der Waals surface area (Å²) in [5.41, 5.74) is 4.58. The lowest BCUT2D eigenvalue weighted by atomic mass is 10.0. The Morgan fingerprint density at radius 3 is 2.68 bits per heavy atom. The third kappa shape index (κ3) is 5.96. The molecule has 0 radical (unpaired) electrons. The number of benzene rings is 1. The molecule has 3 heterocycles. The van der Waals surface area contributed by atoms with Crippen molar-refractivity contribution in [2.45, 2.75) is 78.1 Å². The minimum atomic E-state index is -0.320. The first-order valence-electron chi connectivity index (χ1n) is 13.7. The van der Waals surface area contributed by atoms with Gasteiger partial charge in [-0.15, -0.1) is 0 Å². The lowest BCUT2D eigenvalue weighted by molar-refractivity contribution is -0.151. The number of hydrogen-bond acceptors (Lipinski definition) is 6. The normalized spacial score (nSPS) is 17.4. The Kier molecular flexibility index (Phi) is 7.76. The summed E-state index contributed by atoms with van der Waals surface area (Å²) < 4.78 is 8.09. The highest BCUT2D eigenvalue weighted by atomic mass is 16.5. The maximum absolute atomic E-state index is 12.9. The molecule has 3 N–H and O–H groups in total. The average Bonchev–Trinajstić information content (AvgIpc) is 3.48. The fraction of sp³-hybridized carbons (Fsp3) is 0.552. The van der Waals surface area contributed by atoms with Gasteiger partial charge < -0.3 is 24.9 Å². The summed E-state index contributed by atoms with van der Waals surface area (Å²) >= 11 is 0. The molecule has 1 aliphatic heterocycles. The zero-order chi connectivity index (χ0) is 25.9. The predicted octanol–water partition coefficient (Wildman–Crippen LogP) is 3.91. The number of nitrogens with one attached hydrogen (secondary N) is 3. The molecule has 1 saturated heterocycles. The molecular formula is C29H39N5O3. The number of ether oxygens (including phenoxy) is 1. The fourth-order valence-electron chi connectivity index (χ4n) is 5.38. The Bertz CT molecular complexity index is 1300. The van der Waals surface area contributed by atoms with Crippen LogP contribution in [-0.4, -0.2) is 45.7 Å². The Morgan fingerprint density at radius 2 is 2.00 bits per heavy atom. The van der Waals surface area contributed by atoms with Crippen molar-refractivity contribution in [1.29, 1.82) is 0 Å². The number of carbonyl (C=O) groups excluding carboxylic acids is 1. The smallest absolute Gasteiger partial charge is 0.323 e. The predicted molar refractivity (Wildman–Crippen MR) is 145 cm³/mol. The first kappa shape index (κ1) is 25.7. The van der Waals surface area contributed by atoms with Gasteiger partial charge in [0.15, 0.2) is 0 Å². The minimum absolute atomic E-state index is 0.0742. The molecule has 0 spiro atoms. The standard InChI is InChI=1S/C29H39N5O3/c1-18(2)10-25(29(36)37-23-6-4-5-7-23)31-15-20-8-9-26-24(12-20)33-27(34(26)17-21-13-30-14-21)22-11-19(3)28(35)32-16-22/h8-9,11-12,16,18,21,23,25,30-31H,4-7,10,13-15,17H2,1-3H3,(H,32,35). The van der Waals surface area contributed by atoms with E-state index in [9.17, 15) is 9.59 Å². The van der Waals surface area contributed by atoms with Crippen LogP contribution in [0.4, 0.5) is 0 Å². The van der Waals surface area contributed by atoms with Gasteiger partial charge in [-0.2, -0.15) is 0 Å². The number of esters is 1. The van der Waals surface area contributed by atoms with Gasteiger partial charge in [0.1, 0.15) is 18.0 Å². The molecule has 1 aromatic carbocycles. The van der Waals surface area contributed by atoms with E-state index in [0.717, 1.165) is 79.7 Å². The summed E-state index contributed by atoms with van der Waals surface area (Å²) in [4.78, 5) is 32.7. The van der Waals surface area contributed by atoms with Crippen LogP contribution in [-0.2, 0) is 22.6 Å². The summed E-state index contributed by atoms with van der Waals surface area (Å²) in [6.07, 6.45) is 6.82. The fourth-order valence-corrected chi connectivity index (χ4v) is 5.38. The monoisotopic (exact) mass is 505 g/mol. The van der Waals surface area contributed by atoms with Gasteiger partial charge in [-0.25, -0.2) is 4.98 Å². The summed E-state index contributed by atoms with van der Waals surface area (Å²) in [5.74, 6) is 1.68. The lowest BCUT2D eigenvalue weighted by Crippen LogP contribution is -2.44. The largest absolute Gasteiger partial charge is 0.461 e. The van der Waals surface area contributed by atoms with Gasteiger partial charge in [0.05, 0.1) is 11.0 Å². The van der Waals surface area contributed by atoms with Gasteiger partial charge in [-0.3, -0.25) is 9.59 Å². The van der Waals surface area contributed by atoms with Crippen LogP contribution >= 0.6 is 0 Å². The molecule has 0 bridgehead atoms.